The number of esters is 2. The largest absolute Gasteiger partial charge is 0.457 e. The van der Waals surface area contributed by atoms with Gasteiger partial charge in [0.15, 0.2) is 0 Å². The molecule has 1 saturated heterocycles. The molecule has 1 fully saturated rings. The van der Waals surface area contributed by atoms with Crippen molar-refractivity contribution in [3.05, 3.63) is 65.5 Å². The minimum Gasteiger partial charge on any atom is -0.457 e. The smallest absolute Gasteiger partial charge is 0.348 e. The van der Waals surface area contributed by atoms with E-state index in [1.807, 2.05) is 0 Å². The second-order valence-corrected chi connectivity index (χ2v) is 5.87. The van der Waals surface area contributed by atoms with Crippen LogP contribution < -0.4 is 4.74 Å². The van der Waals surface area contributed by atoms with E-state index < -0.39 is 17.7 Å². The number of ether oxygens (including phenoxy) is 3. The second kappa shape index (κ2) is 6.39. The lowest BCUT2D eigenvalue weighted by atomic mass is 10.1. The van der Waals surface area contributed by atoms with E-state index in [9.17, 15) is 14.0 Å². The van der Waals surface area contributed by atoms with Crippen LogP contribution in [0.25, 0.3) is 6.08 Å². The molecule has 0 N–H and O–H groups in total. The van der Waals surface area contributed by atoms with Gasteiger partial charge < -0.3 is 14.2 Å². The average molecular weight is 342 g/mol. The van der Waals surface area contributed by atoms with Crippen LogP contribution in [0.3, 0.4) is 0 Å². The molecule has 0 atom stereocenters. The fraction of sp³-hybridized carbons (Fsp3) is 0.158. The zero-order valence-corrected chi connectivity index (χ0v) is 13.6. The predicted molar refractivity (Wildman–Crippen MR) is 87.2 cm³/mol. The van der Waals surface area contributed by atoms with Gasteiger partial charge in [-0.05, 0) is 48.0 Å². The molecule has 0 spiro atoms. The summed E-state index contributed by atoms with van der Waals surface area (Å²) in [7, 11) is 0. The van der Waals surface area contributed by atoms with Crippen LogP contribution in [-0.4, -0.2) is 17.7 Å². The number of carbonyl (C=O) groups is 2. The molecule has 1 heterocycles. The summed E-state index contributed by atoms with van der Waals surface area (Å²) in [4.78, 5) is 23.9. The summed E-state index contributed by atoms with van der Waals surface area (Å²) in [6.07, 6.45) is 1.37. The van der Waals surface area contributed by atoms with Crippen LogP contribution in [0, 0.1) is 5.82 Å². The first-order valence-corrected chi connectivity index (χ1v) is 7.54. The van der Waals surface area contributed by atoms with E-state index in [1.165, 1.54) is 44.2 Å². The highest BCUT2D eigenvalue weighted by molar-refractivity contribution is 6.18. The number of hydrogen-bond acceptors (Lipinski definition) is 5. The monoisotopic (exact) mass is 342 g/mol. The Labute approximate surface area is 143 Å². The summed E-state index contributed by atoms with van der Waals surface area (Å²) in [5.41, 5.74) is 0.362. The summed E-state index contributed by atoms with van der Waals surface area (Å²) < 4.78 is 28.6. The quantitative estimate of drug-likeness (QED) is 0.482. The molecule has 1 aliphatic heterocycles. The SMILES string of the molecule is CC1(C)OC(=O)C(=Cc2cccc(Oc3ccc(F)cc3)c2)C(=O)O1. The van der Waals surface area contributed by atoms with Gasteiger partial charge in [0.1, 0.15) is 22.9 Å². The third-order valence-electron chi connectivity index (χ3n) is 3.34. The number of hydrogen-bond donors (Lipinski definition) is 0. The molecular weight excluding hydrogens is 327 g/mol. The lowest BCUT2D eigenvalue weighted by Crippen LogP contribution is -2.41. The molecule has 0 bridgehead atoms. The molecule has 25 heavy (non-hydrogen) atoms. The van der Waals surface area contributed by atoms with Gasteiger partial charge in [-0.1, -0.05) is 12.1 Å². The number of carbonyl (C=O) groups excluding carboxylic acids is 2. The Morgan fingerprint density at radius 1 is 0.960 bits per heavy atom. The van der Waals surface area contributed by atoms with Gasteiger partial charge >= 0.3 is 11.9 Å². The van der Waals surface area contributed by atoms with Crippen LogP contribution in [0.15, 0.2) is 54.1 Å². The van der Waals surface area contributed by atoms with E-state index in [1.54, 1.807) is 24.3 Å². The van der Waals surface area contributed by atoms with Crippen molar-refractivity contribution in [1.82, 2.24) is 0 Å². The van der Waals surface area contributed by atoms with Gasteiger partial charge in [-0.2, -0.15) is 0 Å². The van der Waals surface area contributed by atoms with E-state index >= 15 is 0 Å². The van der Waals surface area contributed by atoms with Crippen LogP contribution in [0.2, 0.25) is 0 Å². The van der Waals surface area contributed by atoms with Gasteiger partial charge in [0, 0.05) is 13.8 Å². The Morgan fingerprint density at radius 3 is 2.24 bits per heavy atom. The maximum atomic E-state index is 12.9. The average Bonchev–Trinajstić information content (AvgIpc) is 2.53. The maximum absolute atomic E-state index is 12.9. The summed E-state index contributed by atoms with van der Waals surface area (Å²) in [6, 6.07) is 12.3. The first-order valence-electron chi connectivity index (χ1n) is 7.54. The van der Waals surface area contributed by atoms with E-state index in [-0.39, 0.29) is 11.4 Å². The number of cyclic esters (lactones) is 2. The molecule has 0 saturated carbocycles. The van der Waals surface area contributed by atoms with Crippen molar-refractivity contribution < 1.29 is 28.2 Å². The second-order valence-electron chi connectivity index (χ2n) is 5.87. The highest BCUT2D eigenvalue weighted by Crippen LogP contribution is 2.26. The van der Waals surface area contributed by atoms with Crippen molar-refractivity contribution in [3.63, 3.8) is 0 Å². The lowest BCUT2D eigenvalue weighted by Gasteiger charge is -2.29. The Hall–Kier alpha value is -3.15. The van der Waals surface area contributed by atoms with Gasteiger partial charge in [-0.3, -0.25) is 0 Å². The summed E-state index contributed by atoms with van der Waals surface area (Å²) in [5.74, 6) is -2.19. The van der Waals surface area contributed by atoms with Crippen molar-refractivity contribution in [3.8, 4) is 11.5 Å². The molecule has 3 rings (SSSR count). The minimum atomic E-state index is -1.28. The van der Waals surface area contributed by atoms with Crippen LogP contribution in [0.4, 0.5) is 4.39 Å². The molecule has 0 aromatic heterocycles. The van der Waals surface area contributed by atoms with Crippen LogP contribution in [0.1, 0.15) is 19.4 Å². The maximum Gasteiger partial charge on any atom is 0.348 e. The minimum absolute atomic E-state index is 0.196. The molecule has 0 unspecified atom stereocenters. The first kappa shape index (κ1) is 16.7. The molecule has 6 heteroatoms. The van der Waals surface area contributed by atoms with Gasteiger partial charge in [0.2, 0.25) is 0 Å². The topological polar surface area (TPSA) is 61.8 Å². The van der Waals surface area contributed by atoms with E-state index in [0.29, 0.717) is 17.1 Å². The van der Waals surface area contributed by atoms with Gasteiger partial charge in [-0.15, -0.1) is 0 Å². The third-order valence-corrected chi connectivity index (χ3v) is 3.34. The van der Waals surface area contributed by atoms with Crippen LogP contribution >= 0.6 is 0 Å². The zero-order valence-electron chi connectivity index (χ0n) is 13.6. The molecule has 2 aromatic rings. The highest BCUT2D eigenvalue weighted by Gasteiger charge is 2.38. The molecule has 128 valence electrons. The van der Waals surface area contributed by atoms with Crippen molar-refractivity contribution in [2.75, 3.05) is 0 Å². The van der Waals surface area contributed by atoms with Crippen LogP contribution in [-0.2, 0) is 19.1 Å². The lowest BCUT2D eigenvalue weighted by molar-refractivity contribution is -0.222. The Morgan fingerprint density at radius 2 is 1.60 bits per heavy atom. The predicted octanol–water partition coefficient (Wildman–Crippen LogP) is 3.84. The number of rotatable bonds is 3. The molecule has 0 radical (unpaired) electrons. The fourth-order valence-corrected chi connectivity index (χ4v) is 2.25. The van der Waals surface area contributed by atoms with Gasteiger partial charge in [0.05, 0.1) is 0 Å². The Kier molecular flexibility index (Phi) is 4.27. The Bertz CT molecular complexity index is 830. The van der Waals surface area contributed by atoms with Crippen molar-refractivity contribution >= 4 is 18.0 Å². The number of halogens is 1. The summed E-state index contributed by atoms with van der Waals surface area (Å²) in [5, 5.41) is 0. The van der Waals surface area contributed by atoms with Crippen molar-refractivity contribution in [1.29, 1.82) is 0 Å². The molecule has 5 nitrogen and oxygen atoms in total. The van der Waals surface area contributed by atoms with E-state index in [2.05, 4.69) is 0 Å². The Balaban J connectivity index is 1.83. The number of benzene rings is 2. The summed E-state index contributed by atoms with van der Waals surface area (Å²) >= 11 is 0. The highest BCUT2D eigenvalue weighted by atomic mass is 19.1. The summed E-state index contributed by atoms with van der Waals surface area (Å²) in [6.45, 7) is 2.97. The molecule has 2 aromatic carbocycles. The fourth-order valence-electron chi connectivity index (χ4n) is 2.25. The van der Waals surface area contributed by atoms with Crippen molar-refractivity contribution in [2.24, 2.45) is 0 Å². The van der Waals surface area contributed by atoms with E-state index in [4.69, 9.17) is 14.2 Å². The molecule has 0 aliphatic carbocycles. The van der Waals surface area contributed by atoms with Crippen molar-refractivity contribution in [2.45, 2.75) is 19.6 Å². The molecular formula is C19H15FO5. The normalized spacial score (nSPS) is 16.0. The molecule has 1 aliphatic rings. The standard InChI is InChI=1S/C19H15FO5/c1-19(2)24-17(21)16(18(22)25-19)11-12-4-3-5-15(10-12)23-14-8-6-13(20)7-9-14/h3-11H,1-2H3. The van der Waals surface area contributed by atoms with Crippen LogP contribution in [0.5, 0.6) is 11.5 Å². The van der Waals surface area contributed by atoms with Gasteiger partial charge in [0.25, 0.3) is 5.79 Å². The molecule has 0 amide bonds. The first-order chi connectivity index (χ1) is 11.8. The van der Waals surface area contributed by atoms with Gasteiger partial charge in [-0.25, -0.2) is 14.0 Å². The van der Waals surface area contributed by atoms with E-state index in [0.717, 1.165) is 0 Å². The third kappa shape index (κ3) is 4.03. The zero-order chi connectivity index (χ0) is 18.0.